The van der Waals surface area contributed by atoms with Crippen molar-refractivity contribution in [3.63, 3.8) is 0 Å². The second-order valence-corrected chi connectivity index (χ2v) is 17.8. The Morgan fingerprint density at radius 3 is 2.23 bits per heavy atom. The zero-order valence-electron chi connectivity index (χ0n) is 24.3. The summed E-state index contributed by atoms with van der Waals surface area (Å²) in [6, 6.07) is 6.06. The van der Waals surface area contributed by atoms with Crippen LogP contribution in [-0.2, 0) is 30.1 Å². The summed E-state index contributed by atoms with van der Waals surface area (Å²) in [6.07, 6.45) is -2.95. The fraction of sp³-hybridized carbons (Fsp3) is 0.679. The van der Waals surface area contributed by atoms with Crippen LogP contribution in [0.2, 0.25) is 18.1 Å². The number of nitrogens with one attached hydrogen (secondary N) is 1. The smallest absolute Gasteiger partial charge is 0.408 e. The SMILES string of the molecule is CC(C)(C)OC(=O)[C@@H]1[C@@H]2C[C@@H]([C@@H](O)[C@H]2O)N1C(=O)[C@H](CO[Si](C)(C)C(C)(C)C)NC(=O)OCc1ccccc1. The summed E-state index contributed by atoms with van der Waals surface area (Å²) in [6.45, 7) is 15.3. The van der Waals surface area contributed by atoms with Crippen molar-refractivity contribution in [1.82, 2.24) is 10.2 Å². The maximum absolute atomic E-state index is 14.0. The number of esters is 1. The molecule has 2 amide bonds. The molecule has 1 aliphatic carbocycles. The van der Waals surface area contributed by atoms with Crippen molar-refractivity contribution in [3.8, 4) is 0 Å². The second kappa shape index (κ2) is 11.6. The van der Waals surface area contributed by atoms with Crippen LogP contribution in [-0.4, -0.2) is 83.9 Å². The third-order valence-corrected chi connectivity index (χ3v) is 12.4. The number of benzene rings is 1. The number of hydrogen-bond donors (Lipinski definition) is 3. The van der Waals surface area contributed by atoms with Crippen LogP contribution in [0.3, 0.4) is 0 Å². The number of carbonyl (C=O) groups is 3. The predicted octanol–water partition coefficient (Wildman–Crippen LogP) is 2.97. The molecule has 0 aromatic heterocycles. The van der Waals surface area contributed by atoms with E-state index in [0.29, 0.717) is 0 Å². The van der Waals surface area contributed by atoms with Crippen LogP contribution in [0.5, 0.6) is 0 Å². The molecule has 39 heavy (non-hydrogen) atoms. The van der Waals surface area contributed by atoms with Crippen molar-refractivity contribution in [2.75, 3.05) is 6.61 Å². The van der Waals surface area contributed by atoms with Gasteiger partial charge in [-0.1, -0.05) is 51.1 Å². The van der Waals surface area contributed by atoms with Crippen LogP contribution in [0.25, 0.3) is 0 Å². The summed E-state index contributed by atoms with van der Waals surface area (Å²) in [5, 5.41) is 23.7. The number of ether oxygens (including phenoxy) is 2. The molecule has 1 aromatic carbocycles. The largest absolute Gasteiger partial charge is 0.458 e. The van der Waals surface area contributed by atoms with E-state index in [-0.39, 0.29) is 24.7 Å². The Bertz CT molecular complexity index is 1040. The van der Waals surface area contributed by atoms with E-state index >= 15 is 0 Å². The third kappa shape index (κ3) is 7.19. The second-order valence-electron chi connectivity index (χ2n) is 13.0. The van der Waals surface area contributed by atoms with Gasteiger partial charge in [0.25, 0.3) is 0 Å². The van der Waals surface area contributed by atoms with Crippen molar-refractivity contribution in [2.45, 2.75) is 109 Å². The van der Waals surface area contributed by atoms with E-state index in [4.69, 9.17) is 13.9 Å². The van der Waals surface area contributed by atoms with E-state index in [1.807, 2.05) is 43.4 Å². The normalized spacial score (nSPS) is 25.8. The molecule has 3 N–H and O–H groups in total. The zero-order chi connectivity index (χ0) is 29.3. The van der Waals surface area contributed by atoms with Crippen molar-refractivity contribution in [3.05, 3.63) is 35.9 Å². The number of rotatable bonds is 8. The molecule has 3 rings (SSSR count). The lowest BCUT2D eigenvalue weighted by atomic mass is 9.93. The highest BCUT2D eigenvalue weighted by Gasteiger charge is 2.61. The van der Waals surface area contributed by atoms with Crippen LogP contribution in [0, 0.1) is 5.92 Å². The minimum atomic E-state index is -2.33. The van der Waals surface area contributed by atoms with Gasteiger partial charge in [-0.05, 0) is 50.9 Å². The van der Waals surface area contributed by atoms with Crippen LogP contribution in [0.15, 0.2) is 30.3 Å². The molecule has 1 aromatic rings. The Kier molecular flexibility index (Phi) is 9.21. The van der Waals surface area contributed by atoms with Crippen LogP contribution >= 0.6 is 0 Å². The number of fused-ring (bicyclic) bond motifs is 2. The molecule has 6 atom stereocenters. The molecule has 0 spiro atoms. The number of piperidine rings is 1. The van der Waals surface area contributed by atoms with Gasteiger partial charge in [0, 0.05) is 5.92 Å². The summed E-state index contributed by atoms with van der Waals surface area (Å²) >= 11 is 0. The summed E-state index contributed by atoms with van der Waals surface area (Å²) in [4.78, 5) is 41.3. The number of nitrogens with zero attached hydrogens (tertiary/aromatic N) is 1. The molecule has 11 heteroatoms. The first kappa shape index (κ1) is 31.1. The van der Waals surface area contributed by atoms with Gasteiger partial charge in [0.1, 0.15) is 30.4 Å². The average molecular weight is 565 g/mol. The van der Waals surface area contributed by atoms with Gasteiger partial charge in [-0.25, -0.2) is 9.59 Å². The summed E-state index contributed by atoms with van der Waals surface area (Å²) in [7, 11) is -2.33. The molecule has 2 aliphatic rings. The lowest BCUT2D eigenvalue weighted by molar-refractivity contribution is -0.174. The standard InChI is InChI=1S/C28H44N2O8Si/c1-27(2,3)38-25(34)21-18-14-20(23(32)22(18)31)30(21)24(33)19(16-37-39(7,8)28(4,5)6)29-26(35)36-15-17-12-10-9-11-13-17/h9-13,18-23,31-32H,14-16H2,1-8H3,(H,29,35)/t18-,19-,20-,21-,22-,23+/m0/s1. The molecule has 0 unspecified atom stereocenters. The van der Waals surface area contributed by atoms with Crippen molar-refractivity contribution in [1.29, 1.82) is 0 Å². The number of hydrogen-bond acceptors (Lipinski definition) is 8. The maximum Gasteiger partial charge on any atom is 0.408 e. The Hall–Kier alpha value is -2.47. The predicted molar refractivity (Wildman–Crippen MR) is 147 cm³/mol. The highest BCUT2D eigenvalue weighted by molar-refractivity contribution is 6.74. The van der Waals surface area contributed by atoms with Crippen molar-refractivity contribution in [2.24, 2.45) is 5.92 Å². The quantitative estimate of drug-likeness (QED) is 0.324. The summed E-state index contributed by atoms with van der Waals surface area (Å²) in [5.74, 6) is -1.94. The molecule has 1 heterocycles. The van der Waals surface area contributed by atoms with E-state index in [1.165, 1.54) is 4.90 Å². The molecule has 1 saturated carbocycles. The topological polar surface area (TPSA) is 135 Å². The van der Waals surface area contributed by atoms with E-state index in [1.54, 1.807) is 20.8 Å². The highest BCUT2D eigenvalue weighted by atomic mass is 28.4. The number of amides is 2. The number of alkyl carbamates (subject to hydrolysis) is 1. The first-order valence-corrected chi connectivity index (χ1v) is 16.4. The van der Waals surface area contributed by atoms with Gasteiger partial charge in [0.2, 0.25) is 5.91 Å². The van der Waals surface area contributed by atoms with Gasteiger partial charge in [0.05, 0.1) is 18.8 Å². The van der Waals surface area contributed by atoms with E-state index in [2.05, 4.69) is 26.1 Å². The molecular formula is C28H44N2O8Si. The number of aliphatic hydroxyl groups excluding tert-OH is 2. The molecule has 0 radical (unpaired) electrons. The fourth-order valence-electron chi connectivity index (χ4n) is 4.77. The first-order chi connectivity index (χ1) is 17.9. The molecule has 1 saturated heterocycles. The minimum absolute atomic E-state index is 0.0104. The lowest BCUT2D eigenvalue weighted by Gasteiger charge is -2.42. The van der Waals surface area contributed by atoms with Gasteiger partial charge in [0.15, 0.2) is 8.32 Å². The van der Waals surface area contributed by atoms with E-state index in [9.17, 15) is 24.6 Å². The van der Waals surface area contributed by atoms with Gasteiger partial charge in [-0.3, -0.25) is 4.79 Å². The maximum atomic E-state index is 14.0. The summed E-state index contributed by atoms with van der Waals surface area (Å²) < 4.78 is 17.2. The summed E-state index contributed by atoms with van der Waals surface area (Å²) in [5.41, 5.74) is -0.0337. The van der Waals surface area contributed by atoms with Gasteiger partial charge < -0.3 is 34.3 Å². The van der Waals surface area contributed by atoms with Gasteiger partial charge in [-0.15, -0.1) is 0 Å². The van der Waals surface area contributed by atoms with Crippen LogP contribution in [0.4, 0.5) is 4.79 Å². The molecular weight excluding hydrogens is 520 g/mol. The minimum Gasteiger partial charge on any atom is -0.458 e. The molecule has 2 bridgehead atoms. The Balaban J connectivity index is 1.85. The van der Waals surface area contributed by atoms with E-state index in [0.717, 1.165) is 5.56 Å². The monoisotopic (exact) mass is 564 g/mol. The lowest BCUT2D eigenvalue weighted by Crippen LogP contribution is -2.63. The highest BCUT2D eigenvalue weighted by Crippen LogP contribution is 2.44. The van der Waals surface area contributed by atoms with Crippen LogP contribution in [0.1, 0.15) is 53.5 Å². The fourth-order valence-corrected chi connectivity index (χ4v) is 5.78. The van der Waals surface area contributed by atoms with Gasteiger partial charge in [-0.2, -0.15) is 0 Å². The van der Waals surface area contributed by atoms with Gasteiger partial charge >= 0.3 is 12.1 Å². The molecule has 218 valence electrons. The Labute approximate surface area is 232 Å². The Morgan fingerprint density at radius 2 is 1.67 bits per heavy atom. The first-order valence-electron chi connectivity index (χ1n) is 13.5. The Morgan fingerprint density at radius 1 is 1.05 bits per heavy atom. The van der Waals surface area contributed by atoms with Crippen molar-refractivity contribution >= 4 is 26.3 Å². The van der Waals surface area contributed by atoms with Crippen molar-refractivity contribution < 1.29 is 38.5 Å². The molecule has 1 aliphatic heterocycles. The number of likely N-dealkylation sites (tertiary alicyclic amines) is 1. The average Bonchev–Trinajstić information content (AvgIpc) is 3.35. The number of aliphatic hydroxyl groups is 2. The zero-order valence-corrected chi connectivity index (χ0v) is 25.3. The molecule has 10 nitrogen and oxygen atoms in total. The van der Waals surface area contributed by atoms with Crippen LogP contribution < -0.4 is 5.32 Å². The molecule has 2 fully saturated rings. The number of carbonyl (C=O) groups excluding carboxylic acids is 3. The van der Waals surface area contributed by atoms with E-state index < -0.39 is 68.1 Å². The third-order valence-electron chi connectivity index (χ3n) is 7.88.